The summed E-state index contributed by atoms with van der Waals surface area (Å²) in [6.07, 6.45) is -0.496. The number of ether oxygens (including phenoxy) is 2. The Kier molecular flexibility index (Phi) is 5.59. The van der Waals surface area contributed by atoms with Crippen molar-refractivity contribution in [2.24, 2.45) is 0 Å². The Morgan fingerprint density at radius 2 is 1.95 bits per heavy atom. The Morgan fingerprint density at radius 3 is 2.60 bits per heavy atom. The van der Waals surface area contributed by atoms with E-state index in [1.54, 1.807) is 19.1 Å². The van der Waals surface area contributed by atoms with Gasteiger partial charge in [-0.3, -0.25) is 4.79 Å². The van der Waals surface area contributed by atoms with Gasteiger partial charge in [-0.05, 0) is 31.2 Å². The predicted octanol–water partition coefficient (Wildman–Crippen LogP) is 4.07. The average Bonchev–Trinajstić information content (AvgIpc) is 2.90. The van der Waals surface area contributed by atoms with Gasteiger partial charge >= 0.3 is 0 Å². The molecule has 0 fully saturated rings. The Bertz CT molecular complexity index is 553. The molecule has 3 nitrogen and oxygen atoms in total. The Balaban J connectivity index is 1.72. The second-order valence-electron chi connectivity index (χ2n) is 4.14. The summed E-state index contributed by atoms with van der Waals surface area (Å²) in [6, 6.07) is 12.9. The average molecular weight is 311 g/mol. The van der Waals surface area contributed by atoms with E-state index < -0.39 is 6.10 Å². The summed E-state index contributed by atoms with van der Waals surface area (Å²) in [5.74, 6) is 0.738. The first-order chi connectivity index (χ1) is 9.66. The molecule has 0 N–H and O–H groups in total. The summed E-state index contributed by atoms with van der Waals surface area (Å²) in [5.41, 5.74) is 0. The number of ketones is 1. The second kappa shape index (κ2) is 7.43. The number of hydrogen-bond donors (Lipinski definition) is 0. The van der Waals surface area contributed by atoms with Gasteiger partial charge in [-0.15, -0.1) is 11.3 Å². The van der Waals surface area contributed by atoms with Gasteiger partial charge in [0.1, 0.15) is 18.5 Å². The molecular formula is C15H15ClO3S. The molecule has 1 atom stereocenters. The first-order valence-corrected chi connectivity index (χ1v) is 7.45. The molecule has 1 aromatic heterocycles. The van der Waals surface area contributed by atoms with E-state index in [1.165, 1.54) is 11.3 Å². The molecule has 2 rings (SSSR count). The number of Topliss-reactive ketones (excluding diaryl/α,β-unsaturated/α-hetero) is 1. The van der Waals surface area contributed by atoms with E-state index in [2.05, 4.69) is 0 Å². The van der Waals surface area contributed by atoms with Crippen LogP contribution in [0.25, 0.3) is 0 Å². The van der Waals surface area contributed by atoms with Crippen LogP contribution in [0.5, 0.6) is 5.75 Å². The van der Waals surface area contributed by atoms with Crippen LogP contribution in [0.15, 0.2) is 42.5 Å². The molecule has 0 bridgehead atoms. The third-order valence-corrected chi connectivity index (χ3v) is 3.89. The van der Waals surface area contributed by atoms with Crippen molar-refractivity contribution in [3.63, 3.8) is 0 Å². The first-order valence-electron chi connectivity index (χ1n) is 6.26. The van der Waals surface area contributed by atoms with Crippen LogP contribution in [0, 0.1) is 0 Å². The lowest BCUT2D eigenvalue weighted by atomic mass is 10.2. The van der Waals surface area contributed by atoms with E-state index >= 15 is 0 Å². The van der Waals surface area contributed by atoms with Gasteiger partial charge < -0.3 is 9.47 Å². The lowest BCUT2D eigenvalue weighted by Crippen LogP contribution is -2.22. The number of hydrogen-bond acceptors (Lipinski definition) is 4. The Morgan fingerprint density at radius 1 is 1.20 bits per heavy atom. The standard InChI is InChI=1S/C15H15ClO3S/c1-11(15(17)13-7-8-14(16)20-13)18-9-10-19-12-5-3-2-4-6-12/h2-8,11H,9-10H2,1H3. The molecule has 0 saturated heterocycles. The van der Waals surface area contributed by atoms with Crippen molar-refractivity contribution in [3.8, 4) is 5.75 Å². The summed E-state index contributed by atoms with van der Waals surface area (Å²) >= 11 is 7.07. The largest absolute Gasteiger partial charge is 0.491 e. The van der Waals surface area contributed by atoms with Crippen molar-refractivity contribution in [1.29, 1.82) is 0 Å². The van der Waals surface area contributed by atoms with Gasteiger partial charge in [0.15, 0.2) is 0 Å². The fourth-order valence-electron chi connectivity index (χ4n) is 1.62. The third kappa shape index (κ3) is 4.34. The zero-order chi connectivity index (χ0) is 14.4. The van der Waals surface area contributed by atoms with Crippen LogP contribution in [0.1, 0.15) is 16.6 Å². The number of para-hydroxylation sites is 1. The SMILES string of the molecule is CC(OCCOc1ccccc1)C(=O)c1ccc(Cl)s1. The lowest BCUT2D eigenvalue weighted by Gasteiger charge is -2.11. The minimum absolute atomic E-state index is 0.0541. The molecule has 0 aliphatic rings. The van der Waals surface area contributed by atoms with Crippen molar-refractivity contribution < 1.29 is 14.3 Å². The minimum Gasteiger partial charge on any atom is -0.491 e. The van der Waals surface area contributed by atoms with Crippen LogP contribution in [0.4, 0.5) is 0 Å². The summed E-state index contributed by atoms with van der Waals surface area (Å²) in [6.45, 7) is 2.51. The maximum Gasteiger partial charge on any atom is 0.201 e. The first kappa shape index (κ1) is 15.0. The molecule has 5 heteroatoms. The maximum atomic E-state index is 12.0. The molecule has 0 amide bonds. The molecule has 1 unspecified atom stereocenters. The van der Waals surface area contributed by atoms with Crippen LogP contribution in [-0.2, 0) is 4.74 Å². The summed E-state index contributed by atoms with van der Waals surface area (Å²) in [4.78, 5) is 12.6. The highest BCUT2D eigenvalue weighted by Gasteiger charge is 2.17. The molecule has 1 aromatic carbocycles. The maximum absolute atomic E-state index is 12.0. The van der Waals surface area contributed by atoms with Crippen LogP contribution in [-0.4, -0.2) is 25.1 Å². The molecule has 0 radical (unpaired) electrons. The van der Waals surface area contributed by atoms with E-state index in [0.717, 1.165) is 5.75 Å². The predicted molar refractivity (Wildman–Crippen MR) is 81.0 cm³/mol. The number of halogens is 1. The van der Waals surface area contributed by atoms with E-state index in [1.807, 2.05) is 30.3 Å². The summed E-state index contributed by atoms with van der Waals surface area (Å²) in [7, 11) is 0. The van der Waals surface area contributed by atoms with E-state index in [9.17, 15) is 4.79 Å². The molecule has 0 spiro atoms. The van der Waals surface area contributed by atoms with Gasteiger partial charge in [0.25, 0.3) is 0 Å². The van der Waals surface area contributed by atoms with Crippen LogP contribution in [0.2, 0.25) is 4.34 Å². The quantitative estimate of drug-likeness (QED) is 0.571. The van der Waals surface area contributed by atoms with Gasteiger partial charge in [-0.2, -0.15) is 0 Å². The molecule has 20 heavy (non-hydrogen) atoms. The van der Waals surface area contributed by atoms with E-state index in [-0.39, 0.29) is 5.78 Å². The highest BCUT2D eigenvalue weighted by atomic mass is 35.5. The van der Waals surface area contributed by atoms with Crippen LogP contribution < -0.4 is 4.74 Å². The Labute approximate surface area is 127 Å². The van der Waals surface area contributed by atoms with Gasteiger partial charge in [-0.1, -0.05) is 29.8 Å². The van der Waals surface area contributed by atoms with Crippen molar-refractivity contribution in [3.05, 3.63) is 51.7 Å². The minimum atomic E-state index is -0.496. The van der Waals surface area contributed by atoms with Crippen molar-refractivity contribution in [2.75, 3.05) is 13.2 Å². The normalized spacial score (nSPS) is 12.1. The number of carbonyl (C=O) groups excluding carboxylic acids is 1. The van der Waals surface area contributed by atoms with Crippen LogP contribution in [0.3, 0.4) is 0 Å². The number of carbonyl (C=O) groups is 1. The van der Waals surface area contributed by atoms with Gasteiger partial charge in [-0.25, -0.2) is 0 Å². The van der Waals surface area contributed by atoms with E-state index in [4.69, 9.17) is 21.1 Å². The second-order valence-corrected chi connectivity index (χ2v) is 5.86. The van der Waals surface area contributed by atoms with Crippen molar-refractivity contribution in [1.82, 2.24) is 0 Å². The number of rotatable bonds is 7. The molecular weight excluding hydrogens is 296 g/mol. The molecule has 2 aromatic rings. The summed E-state index contributed by atoms with van der Waals surface area (Å²) < 4.78 is 11.6. The zero-order valence-corrected chi connectivity index (χ0v) is 12.6. The summed E-state index contributed by atoms with van der Waals surface area (Å²) in [5, 5.41) is 0. The molecule has 0 aliphatic carbocycles. The number of thiophene rings is 1. The van der Waals surface area contributed by atoms with Crippen LogP contribution >= 0.6 is 22.9 Å². The Hall–Kier alpha value is -1.36. The van der Waals surface area contributed by atoms with Gasteiger partial charge in [0, 0.05) is 0 Å². The van der Waals surface area contributed by atoms with Gasteiger partial charge in [0.2, 0.25) is 5.78 Å². The fraction of sp³-hybridized carbons (Fsp3) is 0.267. The molecule has 0 saturated carbocycles. The topological polar surface area (TPSA) is 35.5 Å². The lowest BCUT2D eigenvalue weighted by molar-refractivity contribution is 0.0375. The fourth-order valence-corrected chi connectivity index (χ4v) is 2.69. The van der Waals surface area contributed by atoms with Gasteiger partial charge in [0.05, 0.1) is 15.8 Å². The van der Waals surface area contributed by atoms with Crippen molar-refractivity contribution in [2.45, 2.75) is 13.0 Å². The molecule has 106 valence electrons. The monoisotopic (exact) mass is 310 g/mol. The molecule has 0 aliphatic heterocycles. The third-order valence-electron chi connectivity index (χ3n) is 2.65. The molecule has 1 heterocycles. The highest BCUT2D eigenvalue weighted by Crippen LogP contribution is 2.23. The van der Waals surface area contributed by atoms with E-state index in [0.29, 0.717) is 22.4 Å². The van der Waals surface area contributed by atoms with Crippen molar-refractivity contribution >= 4 is 28.7 Å². The number of benzene rings is 1. The highest BCUT2D eigenvalue weighted by molar-refractivity contribution is 7.18. The zero-order valence-electron chi connectivity index (χ0n) is 11.0. The smallest absolute Gasteiger partial charge is 0.201 e.